The van der Waals surface area contributed by atoms with E-state index in [0.29, 0.717) is 6.61 Å². The summed E-state index contributed by atoms with van der Waals surface area (Å²) >= 11 is 0. The lowest BCUT2D eigenvalue weighted by Gasteiger charge is -2.25. The number of rotatable bonds is 7. The van der Waals surface area contributed by atoms with Crippen LogP contribution in [0.4, 0.5) is 13.2 Å². The van der Waals surface area contributed by atoms with E-state index in [0.717, 1.165) is 53.1 Å². The van der Waals surface area contributed by atoms with Crippen LogP contribution in [-0.2, 0) is 34.5 Å². The zero-order valence-electron chi connectivity index (χ0n) is 25.9. The molecule has 0 saturated heterocycles. The predicted molar refractivity (Wildman–Crippen MR) is 162 cm³/mol. The lowest BCUT2D eigenvalue weighted by molar-refractivity contribution is -0.192. The molecular formula is C33H37F3N4O5. The van der Waals surface area contributed by atoms with Gasteiger partial charge in [-0.25, -0.2) is 9.48 Å². The standard InChI is InChI=1S/C31H36N4O3.C2HF3O2/c1-6-37-30(36)16-27(26-13-14-28-31(22(26)4)32-33-34(28)5)23-12-11-20(2)25(15-23)19-35-17-21(3)38-29-10-8-7-9-24(29)18-35;3-2(4,5)1(6)7/h7-15,21,27H,6,16-19H2,1-5H3;(H,6,7). The summed E-state index contributed by atoms with van der Waals surface area (Å²) in [6, 6.07) is 19.0. The molecule has 0 bridgehead atoms. The van der Waals surface area contributed by atoms with E-state index in [4.69, 9.17) is 19.4 Å². The Morgan fingerprint density at radius 2 is 1.84 bits per heavy atom. The number of carbonyl (C=O) groups excluding carboxylic acids is 1. The number of carboxylic acid groups (broad SMARTS) is 1. The third-order valence-electron chi connectivity index (χ3n) is 7.75. The van der Waals surface area contributed by atoms with E-state index >= 15 is 0 Å². The first-order valence-corrected chi connectivity index (χ1v) is 14.6. The molecule has 45 heavy (non-hydrogen) atoms. The fraction of sp³-hybridized carbons (Fsp3) is 0.394. The second kappa shape index (κ2) is 14.1. The summed E-state index contributed by atoms with van der Waals surface area (Å²) in [4.78, 5) is 24.1. The van der Waals surface area contributed by atoms with E-state index in [-0.39, 0.29) is 24.4 Å². The summed E-state index contributed by atoms with van der Waals surface area (Å²) in [5.74, 6) is -2.13. The number of hydrogen-bond acceptors (Lipinski definition) is 7. The molecule has 3 aromatic carbocycles. The monoisotopic (exact) mass is 626 g/mol. The molecule has 0 aliphatic carbocycles. The maximum Gasteiger partial charge on any atom is 0.490 e. The first kappa shape index (κ1) is 33.4. The molecule has 12 heteroatoms. The molecule has 0 spiro atoms. The highest BCUT2D eigenvalue weighted by Gasteiger charge is 2.38. The van der Waals surface area contributed by atoms with Crippen LogP contribution in [0.3, 0.4) is 0 Å². The van der Waals surface area contributed by atoms with Crippen LogP contribution >= 0.6 is 0 Å². The fourth-order valence-electron chi connectivity index (χ4n) is 5.53. The molecule has 240 valence electrons. The summed E-state index contributed by atoms with van der Waals surface area (Å²) in [7, 11) is 1.89. The highest BCUT2D eigenvalue weighted by molar-refractivity contribution is 5.80. The number of nitrogens with zero attached hydrogens (tertiary/aromatic N) is 4. The van der Waals surface area contributed by atoms with Crippen molar-refractivity contribution in [1.29, 1.82) is 0 Å². The van der Waals surface area contributed by atoms with Crippen molar-refractivity contribution in [2.75, 3.05) is 13.2 Å². The van der Waals surface area contributed by atoms with Gasteiger partial charge in [-0.15, -0.1) is 5.10 Å². The van der Waals surface area contributed by atoms with Crippen LogP contribution in [0.25, 0.3) is 11.0 Å². The number of para-hydroxylation sites is 1. The van der Waals surface area contributed by atoms with Crippen molar-refractivity contribution in [1.82, 2.24) is 19.9 Å². The minimum absolute atomic E-state index is 0.0973. The Morgan fingerprint density at radius 1 is 1.13 bits per heavy atom. The molecule has 0 saturated carbocycles. The lowest BCUT2D eigenvalue weighted by Crippen LogP contribution is -2.30. The van der Waals surface area contributed by atoms with Gasteiger partial charge in [0.25, 0.3) is 0 Å². The van der Waals surface area contributed by atoms with Crippen molar-refractivity contribution in [2.45, 2.75) is 65.4 Å². The van der Waals surface area contributed by atoms with Crippen LogP contribution in [0.2, 0.25) is 0 Å². The number of carbonyl (C=O) groups is 2. The smallest absolute Gasteiger partial charge is 0.489 e. The summed E-state index contributed by atoms with van der Waals surface area (Å²) in [6.45, 7) is 11.0. The summed E-state index contributed by atoms with van der Waals surface area (Å²) in [6.07, 6.45) is -4.72. The number of hydrogen-bond donors (Lipinski definition) is 1. The molecular weight excluding hydrogens is 589 g/mol. The molecule has 5 rings (SSSR count). The number of carboxylic acids is 1. The zero-order chi connectivity index (χ0) is 32.9. The average molecular weight is 627 g/mol. The quantitative estimate of drug-likeness (QED) is 0.246. The molecule has 0 radical (unpaired) electrons. The molecule has 2 heterocycles. The molecule has 1 aliphatic heterocycles. The number of halogens is 3. The topological polar surface area (TPSA) is 107 Å². The molecule has 2 unspecified atom stereocenters. The van der Waals surface area contributed by atoms with Gasteiger partial charge in [0.15, 0.2) is 0 Å². The maximum absolute atomic E-state index is 12.8. The van der Waals surface area contributed by atoms with E-state index in [9.17, 15) is 18.0 Å². The minimum atomic E-state index is -5.08. The number of aryl methyl sites for hydroxylation is 3. The van der Waals surface area contributed by atoms with Gasteiger partial charge in [-0.1, -0.05) is 47.7 Å². The van der Waals surface area contributed by atoms with Crippen LogP contribution < -0.4 is 4.74 Å². The number of aromatic nitrogens is 3. The predicted octanol–water partition coefficient (Wildman–Crippen LogP) is 6.09. The van der Waals surface area contributed by atoms with Gasteiger partial charge < -0.3 is 14.6 Å². The molecule has 1 aromatic heterocycles. The number of esters is 1. The third-order valence-corrected chi connectivity index (χ3v) is 7.75. The SMILES string of the molecule is CCOC(=O)CC(c1ccc(C)c(CN2Cc3ccccc3OC(C)C2)c1)c1ccc2c(nnn2C)c1C.O=C(O)C(F)(F)F. The number of benzene rings is 3. The summed E-state index contributed by atoms with van der Waals surface area (Å²) in [5, 5.41) is 15.7. The molecule has 9 nitrogen and oxygen atoms in total. The molecule has 0 amide bonds. The molecule has 1 aliphatic rings. The molecule has 4 aromatic rings. The van der Waals surface area contributed by atoms with Crippen LogP contribution in [0, 0.1) is 13.8 Å². The number of alkyl halides is 3. The zero-order valence-corrected chi connectivity index (χ0v) is 25.9. The van der Waals surface area contributed by atoms with E-state index in [1.807, 2.05) is 26.1 Å². The average Bonchev–Trinajstić information content (AvgIpc) is 3.27. The third kappa shape index (κ3) is 8.18. The van der Waals surface area contributed by atoms with Gasteiger partial charge in [0.2, 0.25) is 0 Å². The van der Waals surface area contributed by atoms with Crippen LogP contribution in [-0.4, -0.2) is 62.4 Å². The highest BCUT2D eigenvalue weighted by atomic mass is 19.4. The van der Waals surface area contributed by atoms with Crippen molar-refractivity contribution < 1.29 is 37.3 Å². The van der Waals surface area contributed by atoms with Gasteiger partial charge in [-0.2, -0.15) is 13.2 Å². The summed E-state index contributed by atoms with van der Waals surface area (Å²) < 4.78 is 45.1. The van der Waals surface area contributed by atoms with E-state index in [1.54, 1.807) is 4.68 Å². The van der Waals surface area contributed by atoms with Gasteiger partial charge in [-0.3, -0.25) is 9.69 Å². The Morgan fingerprint density at radius 3 is 2.53 bits per heavy atom. The Bertz CT molecular complexity index is 1670. The van der Waals surface area contributed by atoms with Gasteiger partial charge >= 0.3 is 18.1 Å². The van der Waals surface area contributed by atoms with Crippen molar-refractivity contribution >= 4 is 23.0 Å². The Kier molecular flexibility index (Phi) is 10.5. The normalized spacial score (nSPS) is 15.7. The van der Waals surface area contributed by atoms with Crippen LogP contribution in [0.5, 0.6) is 5.75 Å². The number of ether oxygens (including phenoxy) is 2. The Labute approximate surface area is 259 Å². The second-order valence-electron chi connectivity index (χ2n) is 11.1. The highest BCUT2D eigenvalue weighted by Crippen LogP contribution is 2.35. The van der Waals surface area contributed by atoms with Crippen molar-refractivity contribution in [2.24, 2.45) is 7.05 Å². The first-order chi connectivity index (χ1) is 21.3. The van der Waals surface area contributed by atoms with Gasteiger partial charge in [-0.05, 0) is 67.6 Å². The van der Waals surface area contributed by atoms with Crippen molar-refractivity contribution in [3.05, 3.63) is 88.0 Å². The van der Waals surface area contributed by atoms with Crippen molar-refractivity contribution in [3.63, 3.8) is 0 Å². The Hall–Kier alpha value is -4.45. The Balaban J connectivity index is 0.000000591. The first-order valence-electron chi connectivity index (χ1n) is 14.6. The van der Waals surface area contributed by atoms with Gasteiger partial charge in [0, 0.05) is 38.2 Å². The molecule has 1 N–H and O–H groups in total. The van der Waals surface area contributed by atoms with Crippen molar-refractivity contribution in [3.8, 4) is 5.75 Å². The van der Waals surface area contributed by atoms with Gasteiger partial charge in [0.1, 0.15) is 17.4 Å². The second-order valence-corrected chi connectivity index (χ2v) is 11.1. The van der Waals surface area contributed by atoms with E-state index < -0.39 is 12.1 Å². The summed E-state index contributed by atoms with van der Waals surface area (Å²) in [5.41, 5.74) is 8.75. The lowest BCUT2D eigenvalue weighted by atomic mass is 9.84. The van der Waals surface area contributed by atoms with Gasteiger partial charge in [0.05, 0.1) is 18.5 Å². The number of aliphatic carboxylic acids is 1. The fourth-order valence-corrected chi connectivity index (χ4v) is 5.53. The van der Waals surface area contributed by atoms with Crippen LogP contribution in [0.15, 0.2) is 54.6 Å². The number of fused-ring (bicyclic) bond motifs is 2. The molecule has 0 fully saturated rings. The van der Waals surface area contributed by atoms with Crippen LogP contribution in [0.1, 0.15) is 59.6 Å². The molecule has 2 atom stereocenters. The largest absolute Gasteiger partial charge is 0.490 e. The van der Waals surface area contributed by atoms with E-state index in [1.165, 1.54) is 16.7 Å². The maximum atomic E-state index is 12.8. The van der Waals surface area contributed by atoms with E-state index in [2.05, 4.69) is 78.4 Å². The minimum Gasteiger partial charge on any atom is -0.489 e.